The summed E-state index contributed by atoms with van der Waals surface area (Å²) in [5.41, 5.74) is 2.54. The molecule has 172 valence electrons. The van der Waals surface area contributed by atoms with Crippen LogP contribution in [0.5, 0.6) is 0 Å². The Labute approximate surface area is 196 Å². The number of carbonyl (C=O) groups excluding carboxylic acids is 1. The largest absolute Gasteiger partial charge is 0.481 e. The summed E-state index contributed by atoms with van der Waals surface area (Å²) in [4.78, 5) is 23.5. The van der Waals surface area contributed by atoms with Gasteiger partial charge in [0.25, 0.3) is 5.91 Å². The van der Waals surface area contributed by atoms with E-state index < -0.39 is 12.1 Å². The Hall–Kier alpha value is -3.10. The van der Waals surface area contributed by atoms with Crippen LogP contribution in [0.4, 0.5) is 5.13 Å². The smallest absolute Gasteiger partial charge is 0.303 e. The summed E-state index contributed by atoms with van der Waals surface area (Å²) in [6.45, 7) is 0. The van der Waals surface area contributed by atoms with Crippen LogP contribution < -0.4 is 5.32 Å². The highest BCUT2D eigenvalue weighted by atomic mass is 32.1. The average Bonchev–Trinajstić information content (AvgIpc) is 3.26. The van der Waals surface area contributed by atoms with Crippen LogP contribution in [0, 0.1) is 5.92 Å². The second-order valence-corrected chi connectivity index (χ2v) is 9.59. The second-order valence-electron chi connectivity index (χ2n) is 8.52. The molecule has 1 unspecified atom stereocenters. The molecule has 7 nitrogen and oxygen atoms in total. The molecule has 0 bridgehead atoms. The zero-order valence-corrected chi connectivity index (χ0v) is 19.0. The third kappa shape index (κ3) is 6.24. The van der Waals surface area contributed by atoms with E-state index in [0.29, 0.717) is 28.0 Å². The van der Waals surface area contributed by atoms with Gasteiger partial charge in [-0.25, -0.2) is 0 Å². The van der Waals surface area contributed by atoms with Gasteiger partial charge in [-0.15, -0.1) is 10.2 Å². The molecule has 1 amide bonds. The van der Waals surface area contributed by atoms with E-state index in [0.717, 1.165) is 31.2 Å². The van der Waals surface area contributed by atoms with Crippen LogP contribution in [-0.4, -0.2) is 32.3 Å². The molecule has 3 N–H and O–H groups in total. The highest BCUT2D eigenvalue weighted by Gasteiger charge is 2.24. The van der Waals surface area contributed by atoms with Gasteiger partial charge >= 0.3 is 5.97 Å². The van der Waals surface area contributed by atoms with E-state index in [1.54, 1.807) is 0 Å². The summed E-state index contributed by atoms with van der Waals surface area (Å²) < 4.78 is 0. The van der Waals surface area contributed by atoms with Crippen LogP contribution in [0.1, 0.15) is 70.6 Å². The number of benzene rings is 2. The van der Waals surface area contributed by atoms with Crippen molar-refractivity contribution in [3.8, 4) is 0 Å². The van der Waals surface area contributed by atoms with Gasteiger partial charge in [-0.05, 0) is 60.8 Å². The van der Waals surface area contributed by atoms with E-state index in [4.69, 9.17) is 5.11 Å². The minimum absolute atomic E-state index is 0.252. The van der Waals surface area contributed by atoms with E-state index in [1.165, 1.54) is 16.9 Å². The van der Waals surface area contributed by atoms with E-state index >= 15 is 0 Å². The molecule has 1 atom stereocenters. The molecule has 1 fully saturated rings. The number of carboxylic acid groups (broad SMARTS) is 1. The van der Waals surface area contributed by atoms with Gasteiger partial charge in [0.2, 0.25) is 5.13 Å². The standard InChI is InChI=1S/C25H27N3O4S/c29-21(19-4-2-1-3-5-19)15-22-27-28-25(33-22)26-24(32)20-12-10-18(11-13-20)17-8-6-16(7-9-17)14-23(30)31/h1-5,10-13,16-17,21,29H,6-9,14-15H2,(H,30,31)(H,26,28,32). The predicted octanol–water partition coefficient (Wildman–Crippen LogP) is 4.82. The Morgan fingerprint density at radius 1 is 1.00 bits per heavy atom. The number of aliphatic carboxylic acids is 1. The first-order chi connectivity index (χ1) is 16.0. The number of hydrogen-bond acceptors (Lipinski definition) is 6. The van der Waals surface area contributed by atoms with E-state index in [-0.39, 0.29) is 18.2 Å². The van der Waals surface area contributed by atoms with E-state index in [9.17, 15) is 14.7 Å². The number of aliphatic hydroxyl groups excluding tert-OH is 1. The number of nitrogens with one attached hydrogen (secondary N) is 1. The number of amides is 1. The normalized spacial score (nSPS) is 19.1. The zero-order chi connectivity index (χ0) is 23.2. The van der Waals surface area contributed by atoms with Gasteiger partial charge in [-0.3, -0.25) is 14.9 Å². The van der Waals surface area contributed by atoms with Crippen molar-refractivity contribution in [3.63, 3.8) is 0 Å². The first kappa shape index (κ1) is 23.1. The Balaban J connectivity index is 1.30. The lowest BCUT2D eigenvalue weighted by atomic mass is 9.77. The van der Waals surface area contributed by atoms with Crippen LogP contribution in [0.25, 0.3) is 0 Å². The van der Waals surface area contributed by atoms with Crippen molar-refractivity contribution in [2.24, 2.45) is 5.92 Å². The number of carboxylic acids is 1. The van der Waals surface area contributed by atoms with Gasteiger partial charge in [-0.1, -0.05) is 53.8 Å². The minimum Gasteiger partial charge on any atom is -0.481 e. The number of anilines is 1. The highest BCUT2D eigenvalue weighted by Crippen LogP contribution is 2.37. The number of carbonyl (C=O) groups is 2. The summed E-state index contributed by atoms with van der Waals surface area (Å²) >= 11 is 1.25. The molecule has 3 aromatic rings. The van der Waals surface area contributed by atoms with Gasteiger partial charge in [0.15, 0.2) is 0 Å². The summed E-state index contributed by atoms with van der Waals surface area (Å²) in [7, 11) is 0. The Morgan fingerprint density at radius 2 is 1.70 bits per heavy atom. The second kappa shape index (κ2) is 10.7. The van der Waals surface area contributed by atoms with Gasteiger partial charge in [-0.2, -0.15) is 0 Å². The van der Waals surface area contributed by atoms with Gasteiger partial charge in [0, 0.05) is 18.4 Å². The molecular weight excluding hydrogens is 438 g/mol. The van der Waals surface area contributed by atoms with Crippen molar-refractivity contribution in [1.29, 1.82) is 0 Å². The minimum atomic E-state index is -0.719. The van der Waals surface area contributed by atoms with Crippen LogP contribution in [-0.2, 0) is 11.2 Å². The molecule has 4 rings (SSSR count). The average molecular weight is 466 g/mol. The van der Waals surface area contributed by atoms with Crippen LogP contribution in [0.3, 0.4) is 0 Å². The summed E-state index contributed by atoms with van der Waals surface area (Å²) in [5, 5.41) is 31.3. The Kier molecular flexibility index (Phi) is 7.47. The summed E-state index contributed by atoms with van der Waals surface area (Å²) in [5.74, 6) is -0.287. The van der Waals surface area contributed by atoms with Gasteiger partial charge in [0.1, 0.15) is 5.01 Å². The lowest BCUT2D eigenvalue weighted by molar-refractivity contribution is -0.138. The molecule has 1 saturated carbocycles. The number of nitrogens with zero attached hydrogens (tertiary/aromatic N) is 2. The fourth-order valence-electron chi connectivity index (χ4n) is 4.37. The molecule has 0 spiro atoms. The first-order valence-corrected chi connectivity index (χ1v) is 12.0. The molecule has 1 aliphatic rings. The Morgan fingerprint density at radius 3 is 2.36 bits per heavy atom. The highest BCUT2D eigenvalue weighted by molar-refractivity contribution is 7.15. The van der Waals surface area contributed by atoms with Crippen molar-refractivity contribution in [1.82, 2.24) is 10.2 Å². The van der Waals surface area contributed by atoms with Gasteiger partial charge < -0.3 is 10.2 Å². The summed E-state index contributed by atoms with van der Waals surface area (Å²) in [6.07, 6.45) is 3.73. The number of rotatable bonds is 8. The zero-order valence-electron chi connectivity index (χ0n) is 18.2. The number of hydrogen-bond donors (Lipinski definition) is 3. The maximum absolute atomic E-state index is 12.6. The molecular formula is C25H27N3O4S. The predicted molar refractivity (Wildman–Crippen MR) is 126 cm³/mol. The van der Waals surface area contributed by atoms with E-state index in [2.05, 4.69) is 15.5 Å². The molecule has 1 heterocycles. The SMILES string of the molecule is O=C(O)CC1CCC(c2ccc(C(=O)Nc3nnc(CC(O)c4ccccc4)s3)cc2)CC1. The summed E-state index contributed by atoms with van der Waals surface area (Å²) in [6, 6.07) is 17.0. The molecule has 1 aliphatic carbocycles. The van der Waals surface area contributed by atoms with E-state index in [1.807, 2.05) is 54.6 Å². The maximum atomic E-state index is 12.6. The molecule has 2 aromatic carbocycles. The molecule has 0 saturated heterocycles. The van der Waals surface area contributed by atoms with Crippen molar-refractivity contribution in [2.75, 3.05) is 5.32 Å². The lowest BCUT2D eigenvalue weighted by Crippen LogP contribution is -2.16. The van der Waals surface area contributed by atoms with Crippen LogP contribution >= 0.6 is 11.3 Å². The van der Waals surface area contributed by atoms with Crippen molar-refractivity contribution < 1.29 is 19.8 Å². The number of aromatic nitrogens is 2. The number of aliphatic hydroxyl groups is 1. The quantitative estimate of drug-likeness (QED) is 0.440. The van der Waals surface area contributed by atoms with Crippen molar-refractivity contribution in [2.45, 2.75) is 50.5 Å². The maximum Gasteiger partial charge on any atom is 0.303 e. The third-order valence-electron chi connectivity index (χ3n) is 6.19. The fraction of sp³-hybridized carbons (Fsp3) is 0.360. The molecule has 1 aromatic heterocycles. The topological polar surface area (TPSA) is 112 Å². The Bertz CT molecular complexity index is 1080. The van der Waals surface area contributed by atoms with Crippen molar-refractivity contribution >= 4 is 28.3 Å². The first-order valence-electron chi connectivity index (χ1n) is 11.2. The lowest BCUT2D eigenvalue weighted by Gasteiger charge is -2.28. The van der Waals surface area contributed by atoms with Crippen LogP contribution in [0.15, 0.2) is 54.6 Å². The molecule has 0 aliphatic heterocycles. The molecule has 33 heavy (non-hydrogen) atoms. The molecule has 0 radical (unpaired) electrons. The third-order valence-corrected chi connectivity index (χ3v) is 7.05. The monoisotopic (exact) mass is 465 g/mol. The van der Waals surface area contributed by atoms with Crippen molar-refractivity contribution in [3.05, 3.63) is 76.3 Å². The van der Waals surface area contributed by atoms with Gasteiger partial charge in [0.05, 0.1) is 6.10 Å². The fourth-order valence-corrected chi connectivity index (χ4v) is 5.14. The molecule has 8 heteroatoms. The van der Waals surface area contributed by atoms with Crippen LogP contribution in [0.2, 0.25) is 0 Å².